The standard InChI is InChI=1S/C14H19N3O/c1-2-17-14(15-11-16-17)10-6-9-13(18)12-7-4-3-5-8-12/h3-5,7-8,11,13,18H,2,6,9-10H2,1H3. The van der Waals surface area contributed by atoms with Gasteiger partial charge in [-0.3, -0.25) is 4.68 Å². The van der Waals surface area contributed by atoms with Crippen LogP contribution in [0.4, 0.5) is 0 Å². The minimum absolute atomic E-state index is 0.385. The summed E-state index contributed by atoms with van der Waals surface area (Å²) in [5.41, 5.74) is 0.981. The highest BCUT2D eigenvalue weighted by Crippen LogP contribution is 2.18. The van der Waals surface area contributed by atoms with E-state index in [9.17, 15) is 5.11 Å². The summed E-state index contributed by atoms with van der Waals surface area (Å²) in [6, 6.07) is 9.77. The first kappa shape index (κ1) is 12.8. The monoisotopic (exact) mass is 245 g/mol. The van der Waals surface area contributed by atoms with Crippen LogP contribution >= 0.6 is 0 Å². The van der Waals surface area contributed by atoms with Crippen molar-refractivity contribution in [2.45, 2.75) is 38.8 Å². The average molecular weight is 245 g/mol. The van der Waals surface area contributed by atoms with Crippen LogP contribution in [0, 0.1) is 0 Å². The Hall–Kier alpha value is -1.68. The second kappa shape index (κ2) is 6.31. The molecule has 1 unspecified atom stereocenters. The van der Waals surface area contributed by atoms with Gasteiger partial charge < -0.3 is 5.11 Å². The van der Waals surface area contributed by atoms with Gasteiger partial charge in [-0.25, -0.2) is 4.98 Å². The molecule has 0 saturated heterocycles. The van der Waals surface area contributed by atoms with E-state index in [1.54, 1.807) is 6.33 Å². The van der Waals surface area contributed by atoms with Crippen LogP contribution in [0.2, 0.25) is 0 Å². The minimum Gasteiger partial charge on any atom is -0.388 e. The molecule has 2 aromatic rings. The molecule has 1 atom stereocenters. The van der Waals surface area contributed by atoms with Crippen molar-refractivity contribution in [3.63, 3.8) is 0 Å². The maximum absolute atomic E-state index is 10.0. The number of nitrogens with zero attached hydrogens (tertiary/aromatic N) is 3. The quantitative estimate of drug-likeness (QED) is 0.850. The molecule has 4 heteroatoms. The molecule has 0 aliphatic rings. The summed E-state index contributed by atoms with van der Waals surface area (Å²) in [7, 11) is 0. The highest BCUT2D eigenvalue weighted by Gasteiger charge is 2.08. The van der Waals surface area contributed by atoms with E-state index >= 15 is 0 Å². The van der Waals surface area contributed by atoms with Gasteiger partial charge in [-0.2, -0.15) is 5.10 Å². The first-order chi connectivity index (χ1) is 8.81. The van der Waals surface area contributed by atoms with E-state index in [1.807, 2.05) is 35.0 Å². The van der Waals surface area contributed by atoms with E-state index in [4.69, 9.17) is 0 Å². The number of aryl methyl sites for hydroxylation is 2. The molecular weight excluding hydrogens is 226 g/mol. The van der Waals surface area contributed by atoms with Crippen molar-refractivity contribution in [3.8, 4) is 0 Å². The molecule has 0 fully saturated rings. The van der Waals surface area contributed by atoms with Gasteiger partial charge in [0.1, 0.15) is 12.2 Å². The third kappa shape index (κ3) is 3.17. The highest BCUT2D eigenvalue weighted by molar-refractivity contribution is 5.17. The van der Waals surface area contributed by atoms with Crippen LogP contribution in [0.3, 0.4) is 0 Å². The van der Waals surface area contributed by atoms with Crippen LogP contribution in [0.1, 0.15) is 37.3 Å². The zero-order chi connectivity index (χ0) is 12.8. The molecule has 0 saturated carbocycles. The van der Waals surface area contributed by atoms with Gasteiger partial charge in [-0.05, 0) is 25.3 Å². The largest absolute Gasteiger partial charge is 0.388 e. The second-order valence-electron chi connectivity index (χ2n) is 4.31. The average Bonchev–Trinajstić information content (AvgIpc) is 2.87. The molecule has 2 rings (SSSR count). The number of aliphatic hydroxyl groups is 1. The lowest BCUT2D eigenvalue weighted by atomic mass is 10.0. The summed E-state index contributed by atoms with van der Waals surface area (Å²) in [4.78, 5) is 4.23. The molecule has 1 N–H and O–H groups in total. The van der Waals surface area contributed by atoms with Gasteiger partial charge >= 0.3 is 0 Å². The Labute approximate surface area is 107 Å². The molecule has 0 spiro atoms. The zero-order valence-corrected chi connectivity index (χ0v) is 10.7. The zero-order valence-electron chi connectivity index (χ0n) is 10.7. The fraction of sp³-hybridized carbons (Fsp3) is 0.429. The van der Waals surface area contributed by atoms with E-state index in [1.165, 1.54) is 0 Å². The fourth-order valence-corrected chi connectivity index (χ4v) is 2.04. The number of hydrogen-bond donors (Lipinski definition) is 1. The van der Waals surface area contributed by atoms with Crippen molar-refractivity contribution in [1.29, 1.82) is 0 Å². The van der Waals surface area contributed by atoms with Gasteiger partial charge in [0.25, 0.3) is 0 Å². The van der Waals surface area contributed by atoms with Gasteiger partial charge in [0.05, 0.1) is 6.10 Å². The third-order valence-corrected chi connectivity index (χ3v) is 3.06. The Morgan fingerprint density at radius 1 is 1.28 bits per heavy atom. The van der Waals surface area contributed by atoms with Crippen LogP contribution < -0.4 is 0 Å². The van der Waals surface area contributed by atoms with Gasteiger partial charge in [0.15, 0.2) is 0 Å². The molecule has 18 heavy (non-hydrogen) atoms. The lowest BCUT2D eigenvalue weighted by Crippen LogP contribution is -2.05. The Balaban J connectivity index is 1.82. The molecule has 0 aliphatic carbocycles. The number of aromatic nitrogens is 3. The summed E-state index contributed by atoms with van der Waals surface area (Å²) < 4.78 is 1.90. The number of aliphatic hydroxyl groups excluding tert-OH is 1. The summed E-state index contributed by atoms with van der Waals surface area (Å²) >= 11 is 0. The Morgan fingerprint density at radius 3 is 2.78 bits per heavy atom. The van der Waals surface area contributed by atoms with Crippen LogP contribution in [0.25, 0.3) is 0 Å². The molecule has 1 aromatic heterocycles. The Morgan fingerprint density at radius 2 is 2.06 bits per heavy atom. The summed E-state index contributed by atoms with van der Waals surface area (Å²) in [6.45, 7) is 2.90. The summed E-state index contributed by atoms with van der Waals surface area (Å²) in [5, 5.41) is 14.2. The van der Waals surface area contributed by atoms with E-state index < -0.39 is 0 Å². The van der Waals surface area contributed by atoms with Crippen LogP contribution in [-0.2, 0) is 13.0 Å². The van der Waals surface area contributed by atoms with Crippen molar-refractivity contribution >= 4 is 0 Å². The lowest BCUT2D eigenvalue weighted by molar-refractivity contribution is 0.164. The molecule has 1 heterocycles. The summed E-state index contributed by atoms with van der Waals surface area (Å²) in [5.74, 6) is 0.998. The topological polar surface area (TPSA) is 50.9 Å². The number of benzene rings is 1. The van der Waals surface area contributed by atoms with E-state index in [2.05, 4.69) is 17.0 Å². The van der Waals surface area contributed by atoms with E-state index in [-0.39, 0.29) is 6.10 Å². The first-order valence-electron chi connectivity index (χ1n) is 6.41. The smallest absolute Gasteiger partial charge is 0.138 e. The molecule has 96 valence electrons. The molecule has 0 bridgehead atoms. The number of hydrogen-bond acceptors (Lipinski definition) is 3. The van der Waals surface area contributed by atoms with Crippen LogP contribution in [-0.4, -0.2) is 19.9 Å². The maximum atomic E-state index is 10.0. The van der Waals surface area contributed by atoms with Crippen LogP contribution in [0.15, 0.2) is 36.7 Å². The predicted octanol–water partition coefficient (Wildman–Crippen LogP) is 2.35. The minimum atomic E-state index is -0.385. The fourth-order valence-electron chi connectivity index (χ4n) is 2.04. The maximum Gasteiger partial charge on any atom is 0.138 e. The second-order valence-corrected chi connectivity index (χ2v) is 4.31. The van der Waals surface area contributed by atoms with Crippen molar-refractivity contribution in [2.24, 2.45) is 0 Å². The van der Waals surface area contributed by atoms with E-state index in [0.29, 0.717) is 0 Å². The van der Waals surface area contributed by atoms with Crippen molar-refractivity contribution < 1.29 is 5.11 Å². The highest BCUT2D eigenvalue weighted by atomic mass is 16.3. The first-order valence-corrected chi connectivity index (χ1v) is 6.41. The molecule has 0 aliphatic heterocycles. The third-order valence-electron chi connectivity index (χ3n) is 3.06. The summed E-state index contributed by atoms with van der Waals surface area (Å²) in [6.07, 6.45) is 3.73. The SMILES string of the molecule is CCn1ncnc1CCCC(O)c1ccccc1. The van der Waals surface area contributed by atoms with Crippen molar-refractivity contribution in [2.75, 3.05) is 0 Å². The van der Waals surface area contributed by atoms with Crippen molar-refractivity contribution in [1.82, 2.24) is 14.8 Å². The normalized spacial score (nSPS) is 12.6. The van der Waals surface area contributed by atoms with Crippen molar-refractivity contribution in [3.05, 3.63) is 48.0 Å². The lowest BCUT2D eigenvalue weighted by Gasteiger charge is -2.10. The van der Waals surface area contributed by atoms with Crippen LogP contribution in [0.5, 0.6) is 0 Å². The van der Waals surface area contributed by atoms with Gasteiger partial charge in [-0.15, -0.1) is 0 Å². The molecule has 0 radical (unpaired) electrons. The molecular formula is C14H19N3O. The number of rotatable bonds is 6. The van der Waals surface area contributed by atoms with E-state index in [0.717, 1.165) is 37.2 Å². The van der Waals surface area contributed by atoms with Gasteiger partial charge in [0, 0.05) is 13.0 Å². The Bertz CT molecular complexity index is 467. The molecule has 4 nitrogen and oxygen atoms in total. The molecule has 0 amide bonds. The Kier molecular flexibility index (Phi) is 4.47. The van der Waals surface area contributed by atoms with Gasteiger partial charge in [-0.1, -0.05) is 30.3 Å². The van der Waals surface area contributed by atoms with Gasteiger partial charge in [0.2, 0.25) is 0 Å². The molecule has 1 aromatic carbocycles. The predicted molar refractivity (Wildman–Crippen MR) is 70.0 cm³/mol.